The Morgan fingerprint density at radius 2 is 1.80 bits per heavy atom. The number of carbonyl (C=O) groups excluding carboxylic acids is 2. The van der Waals surface area contributed by atoms with E-state index in [0.29, 0.717) is 20.7 Å². The van der Waals surface area contributed by atoms with Gasteiger partial charge in [-0.2, -0.15) is 0 Å². The minimum atomic E-state index is -0.262. The molecule has 8 heteroatoms. The third kappa shape index (κ3) is 5.72. The molecular formula is C27H24N2O4S2. The average Bonchev–Trinajstić information content (AvgIpc) is 3.16. The maximum atomic E-state index is 13.0. The smallest absolute Gasteiger partial charge is 0.270 e. The van der Waals surface area contributed by atoms with E-state index in [-0.39, 0.29) is 18.4 Å². The number of thioether (sulfide) groups is 1. The zero-order valence-electron chi connectivity index (χ0n) is 19.3. The number of benzene rings is 3. The highest BCUT2D eigenvalue weighted by atomic mass is 32.2. The lowest BCUT2D eigenvalue weighted by molar-refractivity contribution is -0.118. The standard InChI is InChI=1S/C27H24N2O4S2/c1-3-19-9-7-8-12-21(19)28-25(30)17-33-22-14-13-18(15-23(22)32-2)16-24-26(31)29(27(34)35-24)20-10-5-4-6-11-20/h4-16H,3,17H2,1-2H3,(H,28,30)/b24-16-. The summed E-state index contributed by atoms with van der Waals surface area (Å²) in [5.74, 6) is 0.454. The van der Waals surface area contributed by atoms with Crippen molar-refractivity contribution in [1.82, 2.24) is 0 Å². The Balaban J connectivity index is 1.45. The summed E-state index contributed by atoms with van der Waals surface area (Å²) in [6.07, 6.45) is 2.58. The molecule has 3 aromatic carbocycles. The van der Waals surface area contributed by atoms with Crippen LogP contribution in [-0.2, 0) is 16.0 Å². The second-order valence-electron chi connectivity index (χ2n) is 7.61. The van der Waals surface area contributed by atoms with Crippen molar-refractivity contribution < 1.29 is 19.1 Å². The van der Waals surface area contributed by atoms with Gasteiger partial charge < -0.3 is 14.8 Å². The number of ether oxygens (including phenoxy) is 2. The predicted molar refractivity (Wildman–Crippen MR) is 145 cm³/mol. The maximum Gasteiger partial charge on any atom is 0.270 e. The fourth-order valence-corrected chi connectivity index (χ4v) is 4.89. The normalized spacial score (nSPS) is 14.3. The van der Waals surface area contributed by atoms with Gasteiger partial charge in [-0.15, -0.1) is 0 Å². The van der Waals surface area contributed by atoms with Gasteiger partial charge in [0.25, 0.3) is 11.8 Å². The molecule has 0 saturated carbocycles. The first-order chi connectivity index (χ1) is 17.0. The third-order valence-corrected chi connectivity index (χ3v) is 6.63. The van der Waals surface area contributed by atoms with Crippen LogP contribution < -0.4 is 19.7 Å². The van der Waals surface area contributed by atoms with E-state index >= 15 is 0 Å². The first-order valence-electron chi connectivity index (χ1n) is 11.0. The number of para-hydroxylation sites is 2. The fourth-order valence-electron chi connectivity index (χ4n) is 3.59. The van der Waals surface area contributed by atoms with Crippen LogP contribution in [0, 0.1) is 0 Å². The molecule has 2 amide bonds. The number of nitrogens with one attached hydrogen (secondary N) is 1. The number of nitrogens with zero attached hydrogens (tertiary/aromatic N) is 1. The summed E-state index contributed by atoms with van der Waals surface area (Å²) in [6, 6.07) is 22.3. The molecule has 3 aromatic rings. The van der Waals surface area contributed by atoms with Crippen LogP contribution >= 0.6 is 24.0 Å². The monoisotopic (exact) mass is 504 g/mol. The summed E-state index contributed by atoms with van der Waals surface area (Å²) >= 11 is 6.68. The number of methoxy groups -OCH3 is 1. The van der Waals surface area contributed by atoms with Crippen LogP contribution in [0.5, 0.6) is 11.5 Å². The molecule has 0 aliphatic carbocycles. The summed E-state index contributed by atoms with van der Waals surface area (Å²) in [6.45, 7) is 1.87. The van der Waals surface area contributed by atoms with Gasteiger partial charge in [0.15, 0.2) is 22.4 Å². The molecule has 0 unspecified atom stereocenters. The van der Waals surface area contributed by atoms with Gasteiger partial charge in [-0.25, -0.2) is 0 Å². The molecule has 0 bridgehead atoms. The van der Waals surface area contributed by atoms with Crippen molar-refractivity contribution in [2.45, 2.75) is 13.3 Å². The molecule has 4 rings (SSSR count). The van der Waals surface area contributed by atoms with Crippen LogP contribution in [0.1, 0.15) is 18.1 Å². The maximum absolute atomic E-state index is 13.0. The Hall–Kier alpha value is -3.62. The molecule has 1 fully saturated rings. The number of rotatable bonds is 8. The van der Waals surface area contributed by atoms with E-state index in [2.05, 4.69) is 5.32 Å². The Kier molecular flexibility index (Phi) is 7.84. The van der Waals surface area contributed by atoms with Gasteiger partial charge in [-0.3, -0.25) is 14.5 Å². The van der Waals surface area contributed by atoms with Gasteiger partial charge in [0.1, 0.15) is 0 Å². The van der Waals surface area contributed by atoms with Crippen LogP contribution in [0.3, 0.4) is 0 Å². The number of aryl methyl sites for hydroxylation is 1. The highest BCUT2D eigenvalue weighted by molar-refractivity contribution is 8.27. The molecule has 178 valence electrons. The number of carbonyl (C=O) groups is 2. The van der Waals surface area contributed by atoms with Crippen LogP contribution in [0.4, 0.5) is 11.4 Å². The van der Waals surface area contributed by atoms with E-state index in [4.69, 9.17) is 21.7 Å². The number of hydrogen-bond donors (Lipinski definition) is 1. The highest BCUT2D eigenvalue weighted by Crippen LogP contribution is 2.37. The molecular weight excluding hydrogens is 480 g/mol. The molecule has 0 aromatic heterocycles. The zero-order valence-corrected chi connectivity index (χ0v) is 20.9. The largest absolute Gasteiger partial charge is 0.493 e. The lowest BCUT2D eigenvalue weighted by Crippen LogP contribution is -2.27. The van der Waals surface area contributed by atoms with Gasteiger partial charge in [0.05, 0.1) is 17.7 Å². The molecule has 1 aliphatic heterocycles. The van der Waals surface area contributed by atoms with Crippen molar-refractivity contribution in [2.75, 3.05) is 23.9 Å². The van der Waals surface area contributed by atoms with E-state index in [9.17, 15) is 9.59 Å². The molecule has 1 heterocycles. The SMILES string of the molecule is CCc1ccccc1NC(=O)COc1ccc(/C=C2\SC(=S)N(c3ccccc3)C2=O)cc1OC. The number of hydrogen-bond acceptors (Lipinski definition) is 6. The summed E-state index contributed by atoms with van der Waals surface area (Å²) in [7, 11) is 1.53. The van der Waals surface area contributed by atoms with Gasteiger partial charge in [0.2, 0.25) is 0 Å². The lowest BCUT2D eigenvalue weighted by atomic mass is 10.1. The van der Waals surface area contributed by atoms with E-state index in [1.807, 2.05) is 61.5 Å². The van der Waals surface area contributed by atoms with Crippen molar-refractivity contribution in [3.05, 3.63) is 88.8 Å². The van der Waals surface area contributed by atoms with Crippen LogP contribution in [0.25, 0.3) is 6.08 Å². The summed E-state index contributed by atoms with van der Waals surface area (Å²) in [4.78, 5) is 27.4. The van der Waals surface area contributed by atoms with E-state index in [0.717, 1.165) is 28.9 Å². The lowest BCUT2D eigenvalue weighted by Gasteiger charge is -2.14. The number of thiocarbonyl (C=S) groups is 1. The molecule has 1 saturated heterocycles. The molecule has 35 heavy (non-hydrogen) atoms. The third-order valence-electron chi connectivity index (χ3n) is 5.32. The van der Waals surface area contributed by atoms with Crippen LogP contribution in [0.15, 0.2) is 77.7 Å². The summed E-state index contributed by atoms with van der Waals surface area (Å²) in [5.41, 5.74) is 3.32. The second kappa shape index (κ2) is 11.2. The Morgan fingerprint density at radius 1 is 1.06 bits per heavy atom. The topological polar surface area (TPSA) is 67.9 Å². The first kappa shape index (κ1) is 24.5. The van der Waals surface area contributed by atoms with E-state index in [1.165, 1.54) is 23.8 Å². The highest BCUT2D eigenvalue weighted by Gasteiger charge is 2.33. The van der Waals surface area contributed by atoms with Crippen LogP contribution in [-0.4, -0.2) is 29.9 Å². The first-order valence-corrected chi connectivity index (χ1v) is 12.2. The van der Waals surface area contributed by atoms with E-state index < -0.39 is 0 Å². The van der Waals surface area contributed by atoms with Crippen molar-refractivity contribution >= 4 is 57.6 Å². The van der Waals surface area contributed by atoms with Crippen molar-refractivity contribution in [3.8, 4) is 11.5 Å². The van der Waals surface area contributed by atoms with Gasteiger partial charge in [-0.05, 0) is 54.0 Å². The Morgan fingerprint density at radius 3 is 2.54 bits per heavy atom. The number of anilines is 2. The molecule has 0 radical (unpaired) electrons. The fraction of sp³-hybridized carbons (Fsp3) is 0.148. The van der Waals surface area contributed by atoms with Crippen molar-refractivity contribution in [1.29, 1.82) is 0 Å². The zero-order chi connectivity index (χ0) is 24.8. The van der Waals surface area contributed by atoms with Crippen molar-refractivity contribution in [3.63, 3.8) is 0 Å². The van der Waals surface area contributed by atoms with Crippen molar-refractivity contribution in [2.24, 2.45) is 0 Å². The minimum absolute atomic E-state index is 0.163. The van der Waals surface area contributed by atoms with Gasteiger partial charge >= 0.3 is 0 Å². The Bertz CT molecular complexity index is 1290. The summed E-state index contributed by atoms with van der Waals surface area (Å²) in [5, 5.41) is 2.88. The molecule has 6 nitrogen and oxygen atoms in total. The second-order valence-corrected chi connectivity index (χ2v) is 9.29. The number of amides is 2. The quantitative estimate of drug-likeness (QED) is 0.314. The predicted octanol–water partition coefficient (Wildman–Crippen LogP) is 5.68. The molecule has 1 aliphatic rings. The van der Waals surface area contributed by atoms with Crippen LogP contribution in [0.2, 0.25) is 0 Å². The Labute approximate surface area is 213 Å². The average molecular weight is 505 g/mol. The van der Waals surface area contributed by atoms with Gasteiger partial charge in [0, 0.05) is 5.69 Å². The molecule has 0 spiro atoms. The van der Waals surface area contributed by atoms with Gasteiger partial charge in [-0.1, -0.05) is 73.4 Å². The van der Waals surface area contributed by atoms with E-state index in [1.54, 1.807) is 24.3 Å². The molecule has 0 atom stereocenters. The minimum Gasteiger partial charge on any atom is -0.493 e. The summed E-state index contributed by atoms with van der Waals surface area (Å²) < 4.78 is 11.7. The molecule has 1 N–H and O–H groups in total.